The number of fused-ring (bicyclic) bond motifs is 2. The molecule has 2 aliphatic rings. The van der Waals surface area contributed by atoms with Gasteiger partial charge >= 0.3 is 12.3 Å². The normalized spacial score (nSPS) is 25.9. The van der Waals surface area contributed by atoms with Gasteiger partial charge in [-0.1, -0.05) is 0 Å². The number of nitrogens with zero attached hydrogens (tertiary/aromatic N) is 1. The second-order valence-corrected chi connectivity index (χ2v) is 8.01. The molecule has 0 N–H and O–H groups in total. The minimum absolute atomic E-state index is 0.0584. The fraction of sp³-hybridized carbons (Fsp3) is 0.632. The maximum Gasteiger partial charge on any atom is 0.416 e. The first kappa shape index (κ1) is 18.9. The Kier molecular flexibility index (Phi) is 4.84. The molecule has 1 unspecified atom stereocenters. The second kappa shape index (κ2) is 6.67. The molecule has 7 heteroatoms. The van der Waals surface area contributed by atoms with Gasteiger partial charge in [0.2, 0.25) is 0 Å². The lowest BCUT2D eigenvalue weighted by molar-refractivity contribution is -0.137. The van der Waals surface area contributed by atoms with Crippen LogP contribution >= 0.6 is 0 Å². The standard InChI is InChI=1S/C19H24F3NO3/c1-18(2,3)26-17(24)23-13-6-7-14(23)11-16(10-13)25-15-8-4-12(5-9-15)19(20,21)22/h4-5,8-9,13-14,16H,6-7,10-11H2,1-3H3/t13-,14+,16?. The van der Waals surface area contributed by atoms with Gasteiger partial charge in [0.15, 0.2) is 0 Å². The molecule has 0 aromatic heterocycles. The van der Waals surface area contributed by atoms with E-state index >= 15 is 0 Å². The van der Waals surface area contributed by atoms with E-state index in [2.05, 4.69) is 0 Å². The monoisotopic (exact) mass is 371 g/mol. The van der Waals surface area contributed by atoms with Crippen molar-refractivity contribution >= 4 is 6.09 Å². The van der Waals surface area contributed by atoms with Crippen LogP contribution in [0.15, 0.2) is 24.3 Å². The highest BCUT2D eigenvalue weighted by Gasteiger charge is 2.45. The van der Waals surface area contributed by atoms with Crippen molar-refractivity contribution in [2.45, 2.75) is 76.4 Å². The Morgan fingerprint density at radius 1 is 1.04 bits per heavy atom. The molecule has 0 aliphatic carbocycles. The van der Waals surface area contributed by atoms with Gasteiger partial charge in [0.1, 0.15) is 17.5 Å². The molecule has 2 heterocycles. The minimum atomic E-state index is -4.35. The van der Waals surface area contributed by atoms with E-state index in [0.717, 1.165) is 25.0 Å². The highest BCUT2D eigenvalue weighted by molar-refractivity contribution is 5.69. The Labute approximate surface area is 151 Å². The molecule has 144 valence electrons. The number of benzene rings is 1. The van der Waals surface area contributed by atoms with Crippen molar-refractivity contribution in [1.82, 2.24) is 4.90 Å². The lowest BCUT2D eigenvalue weighted by atomic mass is 10.00. The molecule has 3 rings (SSSR count). The Morgan fingerprint density at radius 3 is 2.04 bits per heavy atom. The summed E-state index contributed by atoms with van der Waals surface area (Å²) < 4.78 is 49.3. The molecule has 1 amide bonds. The number of alkyl halides is 3. The van der Waals surface area contributed by atoms with Crippen molar-refractivity contribution in [3.8, 4) is 5.75 Å². The van der Waals surface area contributed by atoms with E-state index in [0.29, 0.717) is 18.6 Å². The number of amides is 1. The van der Waals surface area contributed by atoms with Crippen LogP contribution in [0.2, 0.25) is 0 Å². The summed E-state index contributed by atoms with van der Waals surface area (Å²) in [6.45, 7) is 5.52. The summed E-state index contributed by atoms with van der Waals surface area (Å²) >= 11 is 0. The third-order valence-electron chi connectivity index (χ3n) is 4.78. The number of ether oxygens (including phenoxy) is 2. The first-order valence-corrected chi connectivity index (χ1v) is 8.88. The van der Waals surface area contributed by atoms with Crippen molar-refractivity contribution in [3.63, 3.8) is 0 Å². The predicted octanol–water partition coefficient (Wildman–Crippen LogP) is 5.01. The summed E-state index contributed by atoms with van der Waals surface area (Å²) in [6.07, 6.45) is -1.63. The van der Waals surface area contributed by atoms with Crippen LogP contribution in [0.5, 0.6) is 5.75 Å². The van der Waals surface area contributed by atoms with Gasteiger partial charge in [0.05, 0.1) is 5.56 Å². The zero-order valence-corrected chi connectivity index (χ0v) is 15.2. The molecule has 4 nitrogen and oxygen atoms in total. The van der Waals surface area contributed by atoms with Crippen molar-refractivity contribution in [1.29, 1.82) is 0 Å². The van der Waals surface area contributed by atoms with Gasteiger partial charge < -0.3 is 14.4 Å². The molecule has 0 saturated carbocycles. The first-order chi connectivity index (χ1) is 12.0. The molecule has 2 bridgehead atoms. The van der Waals surface area contributed by atoms with E-state index in [1.807, 2.05) is 25.7 Å². The van der Waals surface area contributed by atoms with Crippen LogP contribution in [-0.4, -0.2) is 34.8 Å². The van der Waals surface area contributed by atoms with Crippen molar-refractivity contribution < 1.29 is 27.4 Å². The van der Waals surface area contributed by atoms with Gasteiger partial charge in [0.25, 0.3) is 0 Å². The molecule has 1 aromatic carbocycles. The van der Waals surface area contributed by atoms with Crippen molar-refractivity contribution in [2.75, 3.05) is 0 Å². The van der Waals surface area contributed by atoms with Gasteiger partial charge in [-0.05, 0) is 57.9 Å². The number of piperidine rings is 1. The van der Waals surface area contributed by atoms with E-state index in [1.54, 1.807) is 0 Å². The number of carbonyl (C=O) groups excluding carboxylic acids is 1. The summed E-state index contributed by atoms with van der Waals surface area (Å²) in [5, 5.41) is 0. The number of hydrogen-bond acceptors (Lipinski definition) is 3. The number of rotatable bonds is 2. The molecule has 2 aliphatic heterocycles. The largest absolute Gasteiger partial charge is 0.490 e. The Morgan fingerprint density at radius 2 is 1.58 bits per heavy atom. The smallest absolute Gasteiger partial charge is 0.416 e. The van der Waals surface area contributed by atoms with Gasteiger partial charge in [0, 0.05) is 24.9 Å². The molecule has 0 radical (unpaired) electrons. The van der Waals surface area contributed by atoms with E-state index in [-0.39, 0.29) is 24.3 Å². The second-order valence-electron chi connectivity index (χ2n) is 8.01. The quantitative estimate of drug-likeness (QED) is 0.733. The molecule has 26 heavy (non-hydrogen) atoms. The Bertz CT molecular complexity index is 637. The van der Waals surface area contributed by atoms with Crippen LogP contribution in [0.1, 0.15) is 52.0 Å². The van der Waals surface area contributed by atoms with Crippen LogP contribution < -0.4 is 4.74 Å². The molecule has 2 fully saturated rings. The van der Waals surface area contributed by atoms with Gasteiger partial charge in [-0.15, -0.1) is 0 Å². The molecule has 1 aromatic rings. The van der Waals surface area contributed by atoms with Crippen LogP contribution in [0.3, 0.4) is 0 Å². The van der Waals surface area contributed by atoms with Crippen LogP contribution in [0.4, 0.5) is 18.0 Å². The maximum atomic E-state index is 12.6. The number of hydrogen-bond donors (Lipinski definition) is 0. The number of halogens is 3. The van der Waals surface area contributed by atoms with Crippen LogP contribution in [-0.2, 0) is 10.9 Å². The third-order valence-corrected chi connectivity index (χ3v) is 4.78. The topological polar surface area (TPSA) is 38.8 Å². The van der Waals surface area contributed by atoms with Crippen LogP contribution in [0.25, 0.3) is 0 Å². The third kappa shape index (κ3) is 4.24. The SMILES string of the molecule is CC(C)(C)OC(=O)N1[C@@H]2CC[C@H]1CC(Oc1ccc(C(F)(F)F)cc1)C2. The van der Waals surface area contributed by atoms with Crippen molar-refractivity contribution in [2.24, 2.45) is 0 Å². The highest BCUT2D eigenvalue weighted by atomic mass is 19.4. The lowest BCUT2D eigenvalue weighted by Gasteiger charge is -2.39. The summed E-state index contributed by atoms with van der Waals surface area (Å²) in [7, 11) is 0. The first-order valence-electron chi connectivity index (χ1n) is 8.88. The fourth-order valence-corrected chi connectivity index (χ4v) is 3.75. The maximum absolute atomic E-state index is 12.6. The van der Waals surface area contributed by atoms with Gasteiger partial charge in [-0.25, -0.2) is 4.79 Å². The molecular formula is C19H24F3NO3. The summed E-state index contributed by atoms with van der Waals surface area (Å²) in [5.74, 6) is 0.424. The average molecular weight is 371 g/mol. The number of carbonyl (C=O) groups is 1. The minimum Gasteiger partial charge on any atom is -0.490 e. The predicted molar refractivity (Wildman–Crippen MR) is 90.0 cm³/mol. The van der Waals surface area contributed by atoms with Crippen molar-refractivity contribution in [3.05, 3.63) is 29.8 Å². The molecule has 2 saturated heterocycles. The van der Waals surface area contributed by atoms with E-state index in [4.69, 9.17) is 9.47 Å². The van der Waals surface area contributed by atoms with E-state index in [1.165, 1.54) is 12.1 Å². The van der Waals surface area contributed by atoms with E-state index in [9.17, 15) is 18.0 Å². The average Bonchev–Trinajstić information content (AvgIpc) is 2.77. The summed E-state index contributed by atoms with van der Waals surface area (Å²) in [4.78, 5) is 14.2. The Hall–Kier alpha value is -1.92. The zero-order chi connectivity index (χ0) is 19.1. The lowest BCUT2D eigenvalue weighted by Crippen LogP contribution is -2.50. The Balaban J connectivity index is 1.61. The zero-order valence-electron chi connectivity index (χ0n) is 15.2. The summed E-state index contributed by atoms with van der Waals surface area (Å²) in [6, 6.07) is 4.88. The van der Waals surface area contributed by atoms with E-state index < -0.39 is 17.3 Å². The van der Waals surface area contributed by atoms with Crippen LogP contribution in [0, 0.1) is 0 Å². The molecule has 3 atom stereocenters. The van der Waals surface area contributed by atoms with Gasteiger partial charge in [-0.2, -0.15) is 13.2 Å². The fourth-order valence-electron chi connectivity index (χ4n) is 3.75. The summed E-state index contributed by atoms with van der Waals surface area (Å²) in [5.41, 5.74) is -1.23. The van der Waals surface area contributed by atoms with Gasteiger partial charge in [-0.3, -0.25) is 0 Å². The molecular weight excluding hydrogens is 347 g/mol. The highest BCUT2D eigenvalue weighted by Crippen LogP contribution is 2.38. The molecule has 0 spiro atoms.